The number of halogens is 1. The number of hydrogen-bond donors (Lipinski definition) is 1. The van der Waals surface area contributed by atoms with Gasteiger partial charge in [-0.25, -0.2) is 0 Å². The van der Waals surface area contributed by atoms with Crippen LogP contribution in [-0.2, 0) is 0 Å². The van der Waals surface area contributed by atoms with E-state index in [1.54, 1.807) is 0 Å². The zero-order valence-electron chi connectivity index (χ0n) is 5.21. The summed E-state index contributed by atoms with van der Waals surface area (Å²) >= 11 is 0. The zero-order chi connectivity index (χ0) is 5.82. The number of rotatable bonds is 2. The molecular weight excluding hydrogens is 174 g/mol. The highest BCUT2D eigenvalue weighted by Gasteiger charge is 2.14. The summed E-state index contributed by atoms with van der Waals surface area (Å²) < 4.78 is 0. The van der Waals surface area contributed by atoms with E-state index in [0.717, 1.165) is 11.8 Å². The fraction of sp³-hybridized carbons (Fsp3) is 1.00. The average Bonchev–Trinajstić information content (AvgIpc) is 2.19. The lowest BCUT2D eigenvalue weighted by atomic mass is 10.2. The first-order chi connectivity index (χ1) is 3.93. The van der Waals surface area contributed by atoms with Crippen LogP contribution in [0.15, 0.2) is 0 Å². The van der Waals surface area contributed by atoms with E-state index in [1.807, 2.05) is 21.6 Å². The largest absolute Gasteiger partial charge is 0.330 e. The topological polar surface area (TPSA) is 26.0 Å². The molecule has 0 aromatic heterocycles. The summed E-state index contributed by atoms with van der Waals surface area (Å²) in [4.78, 5) is 0. The molecule has 0 bridgehead atoms. The highest BCUT2D eigenvalue weighted by Crippen LogP contribution is 2.38. The van der Waals surface area contributed by atoms with Gasteiger partial charge >= 0.3 is 0 Å². The van der Waals surface area contributed by atoms with Crippen LogP contribution < -0.4 is 5.73 Å². The second-order valence-electron chi connectivity index (χ2n) is 1.91. The van der Waals surface area contributed by atoms with Crippen LogP contribution >= 0.6 is 34.0 Å². The van der Waals surface area contributed by atoms with Crippen LogP contribution in [0.25, 0.3) is 0 Å². The molecule has 56 valence electrons. The van der Waals surface area contributed by atoms with Gasteiger partial charge in [-0.05, 0) is 19.4 Å². The second kappa shape index (κ2) is 5.71. The molecule has 1 fully saturated rings. The second-order valence-corrected chi connectivity index (χ2v) is 4.69. The highest BCUT2D eigenvalue weighted by molar-refractivity contribution is 8.77. The fourth-order valence-corrected chi connectivity index (χ4v) is 3.75. The lowest BCUT2D eigenvalue weighted by Crippen LogP contribution is -2.07. The Balaban J connectivity index is 0.000000640. The minimum absolute atomic E-state index is 0. The van der Waals surface area contributed by atoms with E-state index in [2.05, 4.69) is 0 Å². The van der Waals surface area contributed by atoms with Crippen LogP contribution in [0.4, 0.5) is 0 Å². The van der Waals surface area contributed by atoms with Gasteiger partial charge in [0, 0.05) is 11.0 Å². The van der Waals surface area contributed by atoms with E-state index in [4.69, 9.17) is 5.73 Å². The van der Waals surface area contributed by atoms with E-state index in [0.29, 0.717) is 0 Å². The summed E-state index contributed by atoms with van der Waals surface area (Å²) in [5, 5.41) is 0.866. The maximum absolute atomic E-state index is 5.39. The van der Waals surface area contributed by atoms with Crippen LogP contribution in [0, 0.1) is 0 Å². The molecule has 0 saturated carbocycles. The van der Waals surface area contributed by atoms with Gasteiger partial charge in [0.2, 0.25) is 0 Å². The molecule has 4 heteroatoms. The summed E-state index contributed by atoms with van der Waals surface area (Å²) in [7, 11) is 3.99. The molecule has 1 heterocycles. The van der Waals surface area contributed by atoms with Crippen molar-refractivity contribution in [1.82, 2.24) is 0 Å². The predicted molar refractivity (Wildman–Crippen MR) is 49.4 cm³/mol. The Morgan fingerprint density at radius 3 is 2.78 bits per heavy atom. The van der Waals surface area contributed by atoms with E-state index in [9.17, 15) is 0 Å². The molecular formula is C5H12ClNS2. The Morgan fingerprint density at radius 1 is 1.56 bits per heavy atom. The van der Waals surface area contributed by atoms with Crippen molar-refractivity contribution < 1.29 is 0 Å². The monoisotopic (exact) mass is 185 g/mol. The van der Waals surface area contributed by atoms with Crippen molar-refractivity contribution in [3.05, 3.63) is 0 Å². The molecule has 0 aromatic rings. The molecule has 1 aliphatic rings. The summed E-state index contributed by atoms with van der Waals surface area (Å²) in [6, 6.07) is 0. The van der Waals surface area contributed by atoms with Crippen molar-refractivity contribution in [2.75, 3.05) is 12.3 Å². The Bertz CT molecular complexity index is 66.0. The van der Waals surface area contributed by atoms with Crippen molar-refractivity contribution >= 4 is 34.0 Å². The summed E-state index contributed by atoms with van der Waals surface area (Å²) in [5.41, 5.74) is 5.39. The van der Waals surface area contributed by atoms with E-state index < -0.39 is 0 Å². The Labute approximate surface area is 70.3 Å². The van der Waals surface area contributed by atoms with Gasteiger partial charge in [-0.3, -0.25) is 0 Å². The first kappa shape index (κ1) is 9.95. The summed E-state index contributed by atoms with van der Waals surface area (Å²) in [5.74, 6) is 1.33. The Hall–Kier alpha value is 0.950. The van der Waals surface area contributed by atoms with Crippen LogP contribution in [0.5, 0.6) is 0 Å². The molecule has 0 aliphatic carbocycles. The molecule has 1 atom stereocenters. The maximum Gasteiger partial charge on any atom is 0.0171 e. The molecule has 0 spiro atoms. The van der Waals surface area contributed by atoms with Gasteiger partial charge in [0.1, 0.15) is 0 Å². The first-order valence-electron chi connectivity index (χ1n) is 2.92. The minimum Gasteiger partial charge on any atom is -0.330 e. The third kappa shape index (κ3) is 3.61. The molecule has 0 radical (unpaired) electrons. The van der Waals surface area contributed by atoms with Gasteiger partial charge in [0.25, 0.3) is 0 Å². The SMILES string of the molecule is Cl.NCCC1CCSS1. The summed E-state index contributed by atoms with van der Waals surface area (Å²) in [6.07, 6.45) is 2.57. The van der Waals surface area contributed by atoms with Crippen molar-refractivity contribution in [1.29, 1.82) is 0 Å². The van der Waals surface area contributed by atoms with E-state index >= 15 is 0 Å². The zero-order valence-corrected chi connectivity index (χ0v) is 7.66. The first-order valence-corrected chi connectivity index (χ1v) is 5.30. The third-order valence-corrected chi connectivity index (χ3v) is 4.22. The van der Waals surface area contributed by atoms with Gasteiger partial charge in [0.15, 0.2) is 0 Å². The molecule has 1 rings (SSSR count). The van der Waals surface area contributed by atoms with E-state index in [1.165, 1.54) is 18.6 Å². The quantitative estimate of drug-likeness (QED) is 0.666. The minimum atomic E-state index is 0. The molecule has 9 heavy (non-hydrogen) atoms. The van der Waals surface area contributed by atoms with Crippen molar-refractivity contribution in [3.63, 3.8) is 0 Å². The molecule has 2 N–H and O–H groups in total. The smallest absolute Gasteiger partial charge is 0.0171 e. The van der Waals surface area contributed by atoms with Crippen molar-refractivity contribution in [3.8, 4) is 0 Å². The van der Waals surface area contributed by atoms with Crippen LogP contribution in [0.3, 0.4) is 0 Å². The number of nitrogens with two attached hydrogens (primary N) is 1. The van der Waals surface area contributed by atoms with Crippen LogP contribution in [-0.4, -0.2) is 17.5 Å². The van der Waals surface area contributed by atoms with E-state index in [-0.39, 0.29) is 12.4 Å². The van der Waals surface area contributed by atoms with Gasteiger partial charge in [-0.1, -0.05) is 21.6 Å². The van der Waals surface area contributed by atoms with Crippen molar-refractivity contribution in [2.24, 2.45) is 5.73 Å². The number of hydrogen-bond acceptors (Lipinski definition) is 3. The standard InChI is InChI=1S/C5H11NS2.ClH/c6-3-1-5-2-4-7-8-5;/h5H,1-4,6H2;1H. The van der Waals surface area contributed by atoms with Crippen LogP contribution in [0.1, 0.15) is 12.8 Å². The van der Waals surface area contributed by atoms with Crippen molar-refractivity contribution in [2.45, 2.75) is 18.1 Å². The Kier molecular flexibility index (Phi) is 6.32. The summed E-state index contributed by atoms with van der Waals surface area (Å²) in [6.45, 7) is 0.859. The fourth-order valence-electron chi connectivity index (χ4n) is 0.750. The normalized spacial score (nSPS) is 25.7. The predicted octanol–water partition coefficient (Wildman–Crippen LogP) is 1.91. The third-order valence-electron chi connectivity index (χ3n) is 1.22. The lowest BCUT2D eigenvalue weighted by molar-refractivity contribution is 0.760. The van der Waals surface area contributed by atoms with Gasteiger partial charge in [-0.2, -0.15) is 0 Å². The maximum atomic E-state index is 5.39. The molecule has 0 amide bonds. The Morgan fingerprint density at radius 2 is 2.33 bits per heavy atom. The van der Waals surface area contributed by atoms with Gasteiger partial charge in [-0.15, -0.1) is 12.4 Å². The average molecular weight is 186 g/mol. The highest BCUT2D eigenvalue weighted by atomic mass is 35.5. The molecule has 1 unspecified atom stereocenters. The van der Waals surface area contributed by atoms with Gasteiger partial charge < -0.3 is 5.73 Å². The lowest BCUT2D eigenvalue weighted by Gasteiger charge is -2.01. The van der Waals surface area contributed by atoms with Gasteiger partial charge in [0.05, 0.1) is 0 Å². The van der Waals surface area contributed by atoms with Crippen LogP contribution in [0.2, 0.25) is 0 Å². The molecule has 0 aromatic carbocycles. The molecule has 1 nitrogen and oxygen atoms in total. The molecule has 1 aliphatic heterocycles. The molecule has 1 saturated heterocycles.